The van der Waals surface area contributed by atoms with Crippen molar-refractivity contribution in [2.45, 2.75) is 57.0 Å². The van der Waals surface area contributed by atoms with Crippen molar-refractivity contribution in [3.05, 3.63) is 41.5 Å². The second kappa shape index (κ2) is 11.3. The van der Waals surface area contributed by atoms with Gasteiger partial charge in [0, 0.05) is 31.2 Å². The number of carboxylic acid groups (broad SMARTS) is 1. The molecular weight excluding hydrogens is 506 g/mol. The summed E-state index contributed by atoms with van der Waals surface area (Å²) >= 11 is 0. The standard InChI is InChI=1S/C30H35N7O3/c1-35-15-5-8-22(35)19-40-29-33-27-25(28(34-29)36-16-17-37(30(38)39)21(18-36)13-14-31)11-12-26(32-27)24-10-4-7-20-6-2-3-9-23(20)24/h4,7,10-12,21-22H,2-3,5-6,8-9,13,15-19H2,1H3,(H,38,39)/t21-,22-/m0/s1. The molecule has 1 aromatic carbocycles. The molecule has 208 valence electrons. The fourth-order valence-corrected chi connectivity index (χ4v) is 6.39. The highest BCUT2D eigenvalue weighted by Gasteiger charge is 2.32. The molecule has 1 N–H and O–H groups in total. The first-order valence-corrected chi connectivity index (χ1v) is 14.3. The third-order valence-electron chi connectivity index (χ3n) is 8.62. The summed E-state index contributed by atoms with van der Waals surface area (Å²) in [7, 11) is 2.11. The minimum Gasteiger partial charge on any atom is -0.465 e. The van der Waals surface area contributed by atoms with Crippen LogP contribution in [0.25, 0.3) is 22.3 Å². The summed E-state index contributed by atoms with van der Waals surface area (Å²) in [6.45, 7) is 2.66. The average Bonchev–Trinajstić information content (AvgIpc) is 3.39. The number of benzene rings is 1. The maximum Gasteiger partial charge on any atom is 0.407 e. The van der Waals surface area contributed by atoms with Gasteiger partial charge in [0.25, 0.3) is 0 Å². The molecule has 6 rings (SSSR count). The van der Waals surface area contributed by atoms with Crippen molar-refractivity contribution in [2.24, 2.45) is 0 Å². The minimum atomic E-state index is -1.00. The lowest BCUT2D eigenvalue weighted by Crippen LogP contribution is -2.55. The van der Waals surface area contributed by atoms with Gasteiger partial charge in [-0.3, -0.25) is 0 Å². The molecule has 0 bridgehead atoms. The van der Waals surface area contributed by atoms with E-state index in [1.807, 2.05) is 17.0 Å². The molecule has 2 fully saturated rings. The Labute approximate surface area is 234 Å². The zero-order valence-corrected chi connectivity index (χ0v) is 22.9. The van der Waals surface area contributed by atoms with E-state index in [0.717, 1.165) is 48.9 Å². The number of rotatable bonds is 6. The van der Waals surface area contributed by atoms with Crippen molar-refractivity contribution in [1.29, 1.82) is 5.26 Å². The van der Waals surface area contributed by atoms with E-state index in [1.165, 1.54) is 28.9 Å². The summed E-state index contributed by atoms with van der Waals surface area (Å²) in [5.41, 5.74) is 5.37. The van der Waals surface area contributed by atoms with Gasteiger partial charge in [-0.25, -0.2) is 9.78 Å². The van der Waals surface area contributed by atoms with E-state index in [1.54, 1.807) is 0 Å². The van der Waals surface area contributed by atoms with Crippen LogP contribution in [0.1, 0.15) is 43.2 Å². The molecule has 2 aliphatic heterocycles. The number of likely N-dealkylation sites (tertiary alicyclic amines) is 1. The number of ether oxygens (including phenoxy) is 1. The Morgan fingerprint density at radius 2 is 1.95 bits per heavy atom. The lowest BCUT2D eigenvalue weighted by atomic mass is 9.87. The van der Waals surface area contributed by atoms with Crippen LogP contribution in [-0.4, -0.2) is 87.9 Å². The summed E-state index contributed by atoms with van der Waals surface area (Å²) in [4.78, 5) is 32.1. The highest BCUT2D eigenvalue weighted by Crippen LogP contribution is 2.34. The minimum absolute atomic E-state index is 0.116. The molecule has 1 aliphatic carbocycles. The van der Waals surface area contributed by atoms with E-state index < -0.39 is 12.1 Å². The van der Waals surface area contributed by atoms with Crippen LogP contribution in [0, 0.1) is 11.3 Å². The van der Waals surface area contributed by atoms with Gasteiger partial charge in [-0.2, -0.15) is 15.2 Å². The summed E-state index contributed by atoms with van der Waals surface area (Å²) in [6, 6.07) is 12.8. The number of carbonyl (C=O) groups is 1. The molecule has 3 aliphatic rings. The van der Waals surface area contributed by atoms with Gasteiger partial charge >= 0.3 is 12.1 Å². The van der Waals surface area contributed by atoms with E-state index in [4.69, 9.17) is 19.7 Å². The quantitative estimate of drug-likeness (QED) is 0.491. The number of aromatic nitrogens is 3. The number of amides is 1. The maximum absolute atomic E-state index is 11.8. The van der Waals surface area contributed by atoms with E-state index in [2.05, 4.69) is 36.2 Å². The van der Waals surface area contributed by atoms with Crippen LogP contribution < -0.4 is 9.64 Å². The smallest absolute Gasteiger partial charge is 0.407 e. The van der Waals surface area contributed by atoms with Crippen LogP contribution in [0.2, 0.25) is 0 Å². The molecule has 0 saturated carbocycles. The fourth-order valence-electron chi connectivity index (χ4n) is 6.39. The number of piperazine rings is 1. The number of hydrogen-bond acceptors (Lipinski definition) is 8. The zero-order chi connectivity index (χ0) is 27.6. The number of nitriles is 1. The van der Waals surface area contributed by atoms with E-state index in [0.29, 0.717) is 37.2 Å². The van der Waals surface area contributed by atoms with Gasteiger partial charge in [0.05, 0.1) is 29.6 Å². The predicted molar refractivity (Wildman–Crippen MR) is 152 cm³/mol. The Morgan fingerprint density at radius 3 is 2.75 bits per heavy atom. The Bertz CT molecular complexity index is 1460. The van der Waals surface area contributed by atoms with E-state index >= 15 is 0 Å². The van der Waals surface area contributed by atoms with E-state index in [-0.39, 0.29) is 19.0 Å². The lowest BCUT2D eigenvalue weighted by Gasteiger charge is -2.39. The molecule has 1 amide bonds. The average molecular weight is 542 g/mol. The molecule has 2 aromatic heterocycles. The third kappa shape index (κ3) is 5.13. The summed E-state index contributed by atoms with van der Waals surface area (Å²) in [5, 5.41) is 19.8. The third-order valence-corrected chi connectivity index (χ3v) is 8.62. The first-order valence-electron chi connectivity index (χ1n) is 14.3. The Morgan fingerprint density at radius 1 is 1.07 bits per heavy atom. The van der Waals surface area contributed by atoms with Gasteiger partial charge < -0.3 is 24.5 Å². The number of hydrogen-bond donors (Lipinski definition) is 1. The molecule has 0 radical (unpaired) electrons. The summed E-state index contributed by atoms with van der Waals surface area (Å²) < 4.78 is 6.18. The molecule has 40 heavy (non-hydrogen) atoms. The van der Waals surface area contributed by atoms with Crippen molar-refractivity contribution in [3.8, 4) is 23.3 Å². The van der Waals surface area contributed by atoms with Crippen molar-refractivity contribution < 1.29 is 14.6 Å². The zero-order valence-electron chi connectivity index (χ0n) is 22.9. The summed E-state index contributed by atoms with van der Waals surface area (Å²) in [6.07, 6.45) is 5.89. The molecule has 0 unspecified atom stereocenters. The normalized spacial score (nSPS) is 21.3. The van der Waals surface area contributed by atoms with Crippen LogP contribution >= 0.6 is 0 Å². The van der Waals surface area contributed by atoms with Crippen LogP contribution in [0.5, 0.6) is 6.01 Å². The molecule has 10 nitrogen and oxygen atoms in total. The molecule has 3 aromatic rings. The predicted octanol–water partition coefficient (Wildman–Crippen LogP) is 4.13. The lowest BCUT2D eigenvalue weighted by molar-refractivity contribution is 0.119. The molecule has 2 saturated heterocycles. The number of likely N-dealkylation sites (N-methyl/N-ethyl adjacent to an activating group) is 1. The number of pyridine rings is 1. The first kappa shape index (κ1) is 26.3. The van der Waals surface area contributed by atoms with Gasteiger partial charge in [-0.15, -0.1) is 0 Å². The van der Waals surface area contributed by atoms with Gasteiger partial charge in [-0.1, -0.05) is 18.2 Å². The largest absolute Gasteiger partial charge is 0.465 e. The number of aryl methyl sites for hydroxylation is 1. The highest BCUT2D eigenvalue weighted by atomic mass is 16.5. The Kier molecular flexibility index (Phi) is 7.39. The summed E-state index contributed by atoms with van der Waals surface area (Å²) in [5.74, 6) is 0.668. The van der Waals surface area contributed by atoms with Crippen LogP contribution in [0.4, 0.5) is 10.6 Å². The fraction of sp³-hybridized carbons (Fsp3) is 0.500. The van der Waals surface area contributed by atoms with Gasteiger partial charge in [0.1, 0.15) is 12.4 Å². The van der Waals surface area contributed by atoms with E-state index in [9.17, 15) is 15.2 Å². The second-order valence-electron chi connectivity index (χ2n) is 11.1. The Hall–Kier alpha value is -3.97. The van der Waals surface area contributed by atoms with Crippen molar-refractivity contribution in [1.82, 2.24) is 24.8 Å². The van der Waals surface area contributed by atoms with Crippen molar-refractivity contribution >= 4 is 22.9 Å². The van der Waals surface area contributed by atoms with Crippen LogP contribution in [-0.2, 0) is 12.8 Å². The number of anilines is 1. The van der Waals surface area contributed by atoms with Crippen molar-refractivity contribution in [3.63, 3.8) is 0 Å². The van der Waals surface area contributed by atoms with Crippen molar-refractivity contribution in [2.75, 3.05) is 44.7 Å². The maximum atomic E-state index is 11.8. The number of fused-ring (bicyclic) bond motifs is 2. The second-order valence-corrected chi connectivity index (χ2v) is 11.1. The van der Waals surface area contributed by atoms with Gasteiger partial charge in [-0.05, 0) is 75.4 Å². The molecule has 0 spiro atoms. The molecule has 10 heteroatoms. The van der Waals surface area contributed by atoms with Crippen LogP contribution in [0.15, 0.2) is 30.3 Å². The highest BCUT2D eigenvalue weighted by molar-refractivity contribution is 5.89. The Balaban J connectivity index is 1.39. The first-order chi connectivity index (χ1) is 19.5. The SMILES string of the molecule is CN1CCC[C@H]1COc1nc(N2CCN(C(=O)O)[C@@H](CC#N)C2)c2ccc(-c3cccc4c3CCCC4)nc2n1. The van der Waals surface area contributed by atoms with Crippen LogP contribution in [0.3, 0.4) is 0 Å². The van der Waals surface area contributed by atoms with Gasteiger partial charge in [0.2, 0.25) is 0 Å². The number of nitrogens with zero attached hydrogens (tertiary/aromatic N) is 7. The molecule has 4 heterocycles. The van der Waals surface area contributed by atoms with Gasteiger partial charge in [0.15, 0.2) is 5.65 Å². The molecule has 2 atom stereocenters. The topological polar surface area (TPSA) is 119 Å². The molecular formula is C30H35N7O3. The monoisotopic (exact) mass is 541 g/mol.